The fraction of sp³-hybridized carbons (Fsp3) is 0.300. The first-order chi connectivity index (χ1) is 20.1. The van der Waals surface area contributed by atoms with Crippen molar-refractivity contribution in [3.05, 3.63) is 89.8 Å². The smallest absolute Gasteiger partial charge is 0.399 e. The van der Waals surface area contributed by atoms with Gasteiger partial charge < -0.3 is 9.31 Å². The molecule has 2 aromatic heterocycles. The maximum atomic E-state index is 13.9. The molecule has 10 nitrogen and oxygen atoms in total. The van der Waals surface area contributed by atoms with Gasteiger partial charge in [0.25, 0.3) is 20.0 Å². The summed E-state index contributed by atoms with van der Waals surface area (Å²) in [6.45, 7) is 11.7. The number of hydrogen-bond donors (Lipinski definition) is 1. The quantitative estimate of drug-likeness (QED) is 0.324. The summed E-state index contributed by atoms with van der Waals surface area (Å²) in [5, 5.41) is 0.432. The minimum Gasteiger partial charge on any atom is -0.399 e. The van der Waals surface area contributed by atoms with E-state index in [-0.39, 0.29) is 27.7 Å². The van der Waals surface area contributed by atoms with Gasteiger partial charge in [0.05, 0.1) is 26.7 Å². The Bertz CT molecular complexity index is 1970. The molecule has 0 unspecified atom stereocenters. The predicted octanol–water partition coefficient (Wildman–Crippen LogP) is 3.74. The van der Waals surface area contributed by atoms with Crippen LogP contribution >= 0.6 is 0 Å². The molecule has 4 aromatic rings. The van der Waals surface area contributed by atoms with Gasteiger partial charge in [0.2, 0.25) is 0 Å². The molecule has 1 saturated heterocycles. The molecule has 1 fully saturated rings. The largest absolute Gasteiger partial charge is 0.496 e. The number of hydrogen-bond acceptors (Lipinski definition) is 8. The maximum absolute atomic E-state index is 13.9. The zero-order valence-corrected chi connectivity index (χ0v) is 26.5. The summed E-state index contributed by atoms with van der Waals surface area (Å²) < 4.78 is 70.1. The van der Waals surface area contributed by atoms with E-state index in [4.69, 9.17) is 9.31 Å². The first-order valence-corrected chi connectivity index (χ1v) is 16.7. The monoisotopic (exact) mass is 620 g/mol. The number of aromatic nitrogens is 2. The van der Waals surface area contributed by atoms with Crippen LogP contribution in [-0.4, -0.2) is 55.1 Å². The van der Waals surface area contributed by atoms with Crippen LogP contribution in [0.4, 0.5) is 0 Å². The van der Waals surface area contributed by atoms with Crippen LogP contribution in [0.15, 0.2) is 82.9 Å². The van der Waals surface area contributed by atoms with Gasteiger partial charge in [-0.25, -0.2) is 22.8 Å². The third-order valence-electron chi connectivity index (χ3n) is 8.32. The van der Waals surface area contributed by atoms with Crippen molar-refractivity contribution in [2.75, 3.05) is 6.54 Å². The highest BCUT2D eigenvalue weighted by Gasteiger charge is 2.52. The molecule has 0 radical (unpaired) electrons. The highest BCUT2D eigenvalue weighted by atomic mass is 32.2. The summed E-state index contributed by atoms with van der Waals surface area (Å²) in [7, 11) is -8.88. The van der Waals surface area contributed by atoms with Gasteiger partial charge in [-0.05, 0) is 78.0 Å². The average Bonchev–Trinajstić information content (AvgIpc) is 3.63. The van der Waals surface area contributed by atoms with E-state index in [0.29, 0.717) is 16.4 Å². The van der Waals surface area contributed by atoms with E-state index < -0.39 is 38.4 Å². The number of pyridine rings is 1. The fourth-order valence-corrected chi connectivity index (χ4v) is 7.75. The zero-order valence-electron chi connectivity index (χ0n) is 24.8. The first kappa shape index (κ1) is 29.6. The van der Waals surface area contributed by atoms with E-state index in [1.54, 1.807) is 60.7 Å². The first-order valence-electron chi connectivity index (χ1n) is 13.9. The molecular weight excluding hydrogens is 587 g/mol. The Labute approximate surface area is 252 Å². The second kappa shape index (κ2) is 10.0. The SMILES string of the molecule is Cc1ccc(S(=O)(=O)N2NCC=C2c2cn(S(=O)(=O)c3ccc(C)cc3)c3ncc(B4OC(C)(C)C(C)(C)O4)cc23)cc1. The van der Waals surface area contributed by atoms with Crippen molar-refractivity contribution in [3.63, 3.8) is 0 Å². The molecule has 1 N–H and O–H groups in total. The van der Waals surface area contributed by atoms with Crippen molar-refractivity contribution in [1.29, 1.82) is 0 Å². The Hall–Kier alpha value is -3.49. The van der Waals surface area contributed by atoms with Gasteiger partial charge in [-0.1, -0.05) is 35.4 Å². The van der Waals surface area contributed by atoms with Crippen LogP contribution in [0.25, 0.3) is 16.7 Å². The van der Waals surface area contributed by atoms with Crippen LogP contribution in [0.3, 0.4) is 0 Å². The van der Waals surface area contributed by atoms with Gasteiger partial charge in [0, 0.05) is 35.4 Å². The maximum Gasteiger partial charge on any atom is 0.496 e. The minimum atomic E-state index is -4.09. The van der Waals surface area contributed by atoms with E-state index in [9.17, 15) is 16.8 Å². The summed E-state index contributed by atoms with van der Waals surface area (Å²) in [5.74, 6) is 0. The van der Waals surface area contributed by atoms with Crippen molar-refractivity contribution in [1.82, 2.24) is 18.8 Å². The van der Waals surface area contributed by atoms with E-state index in [1.165, 1.54) is 12.4 Å². The second-order valence-corrected chi connectivity index (χ2v) is 15.5. The molecule has 0 spiro atoms. The van der Waals surface area contributed by atoms with E-state index in [2.05, 4.69) is 10.4 Å². The van der Waals surface area contributed by atoms with Crippen molar-refractivity contribution in [3.8, 4) is 0 Å². The molecule has 0 saturated carbocycles. The second-order valence-electron chi connectivity index (χ2n) is 11.9. The van der Waals surface area contributed by atoms with Gasteiger partial charge in [-0.15, -0.1) is 0 Å². The van der Waals surface area contributed by atoms with Crippen LogP contribution < -0.4 is 10.9 Å². The van der Waals surface area contributed by atoms with Gasteiger partial charge in [-0.3, -0.25) is 0 Å². The summed E-state index contributed by atoms with van der Waals surface area (Å²) in [4.78, 5) is 4.77. The van der Waals surface area contributed by atoms with Gasteiger partial charge >= 0.3 is 7.12 Å². The summed E-state index contributed by atoms with van der Waals surface area (Å²) in [6.07, 6.45) is 4.68. The molecule has 0 bridgehead atoms. The number of sulfonamides is 1. The van der Waals surface area contributed by atoms with Crippen LogP contribution in [0.5, 0.6) is 0 Å². The van der Waals surface area contributed by atoms with Gasteiger partial charge in [0.15, 0.2) is 5.65 Å². The lowest BCUT2D eigenvalue weighted by atomic mass is 9.80. The van der Waals surface area contributed by atoms with Crippen LogP contribution in [0, 0.1) is 13.8 Å². The van der Waals surface area contributed by atoms with Gasteiger partial charge in [-0.2, -0.15) is 12.8 Å². The molecule has 0 amide bonds. The molecule has 2 aliphatic heterocycles. The van der Waals surface area contributed by atoms with E-state index in [0.717, 1.165) is 19.5 Å². The molecule has 4 heterocycles. The zero-order chi connectivity index (χ0) is 30.9. The number of aryl methyl sites for hydroxylation is 2. The Kier molecular flexibility index (Phi) is 6.90. The molecule has 224 valence electrons. The number of benzene rings is 2. The van der Waals surface area contributed by atoms with Crippen molar-refractivity contribution >= 4 is 49.4 Å². The van der Waals surface area contributed by atoms with Crippen molar-refractivity contribution in [2.24, 2.45) is 0 Å². The van der Waals surface area contributed by atoms with E-state index >= 15 is 0 Å². The lowest BCUT2D eigenvalue weighted by molar-refractivity contribution is 0.00578. The molecule has 6 rings (SSSR count). The molecule has 2 aliphatic rings. The summed E-state index contributed by atoms with van der Waals surface area (Å²) >= 11 is 0. The van der Waals surface area contributed by atoms with Crippen molar-refractivity contribution in [2.45, 2.75) is 62.5 Å². The lowest BCUT2D eigenvalue weighted by Gasteiger charge is -2.32. The Balaban J connectivity index is 1.53. The van der Waals surface area contributed by atoms with Crippen molar-refractivity contribution < 1.29 is 26.1 Å². The van der Waals surface area contributed by atoms with Gasteiger partial charge in [0.1, 0.15) is 0 Å². The number of hydrazine groups is 1. The fourth-order valence-electron chi connectivity index (χ4n) is 5.06. The Morgan fingerprint density at radius 3 is 1.93 bits per heavy atom. The lowest BCUT2D eigenvalue weighted by Crippen LogP contribution is -2.41. The normalized spacial score (nSPS) is 18.4. The molecular formula is C30H33BN4O6S2. The van der Waals surface area contributed by atoms with E-state index in [1.807, 2.05) is 41.5 Å². The average molecular weight is 621 g/mol. The Morgan fingerprint density at radius 2 is 1.37 bits per heavy atom. The predicted molar refractivity (Wildman–Crippen MR) is 165 cm³/mol. The molecule has 43 heavy (non-hydrogen) atoms. The minimum absolute atomic E-state index is 0.0843. The third kappa shape index (κ3) is 4.89. The number of nitrogens with one attached hydrogen (secondary N) is 1. The third-order valence-corrected chi connectivity index (χ3v) is 11.7. The highest BCUT2D eigenvalue weighted by Crippen LogP contribution is 2.38. The summed E-state index contributed by atoms with van der Waals surface area (Å²) in [5.41, 5.74) is 4.95. The molecule has 2 aromatic carbocycles. The number of fused-ring (bicyclic) bond motifs is 1. The van der Waals surface area contributed by atoms with Crippen LogP contribution in [0.2, 0.25) is 0 Å². The van der Waals surface area contributed by atoms with Crippen LogP contribution in [0.1, 0.15) is 44.4 Å². The topological polar surface area (TPSA) is 120 Å². The molecule has 13 heteroatoms. The number of nitrogens with zero attached hydrogens (tertiary/aromatic N) is 3. The molecule has 0 atom stereocenters. The highest BCUT2D eigenvalue weighted by molar-refractivity contribution is 7.90. The molecule has 0 aliphatic carbocycles. The standard InChI is InChI=1S/C30H33BN4O6S2/c1-20-7-11-23(12-8-20)42(36,37)34-19-26(27-15-16-33-35(27)43(38,39)24-13-9-21(2)10-14-24)25-17-22(18-32-28(25)34)31-40-29(3,4)30(5,6)41-31/h7-15,17-19,33H,16H2,1-6H3. The Morgan fingerprint density at radius 1 is 0.837 bits per heavy atom. The summed E-state index contributed by atoms with van der Waals surface area (Å²) in [6, 6.07) is 14.8. The van der Waals surface area contributed by atoms with Crippen LogP contribution in [-0.2, 0) is 29.4 Å². The number of rotatable bonds is 6.